The second kappa shape index (κ2) is 11.6. The number of anilines is 1. The zero-order valence-corrected chi connectivity index (χ0v) is 17.1. The lowest BCUT2D eigenvalue weighted by Gasteiger charge is -2.10. The highest BCUT2D eigenvalue weighted by molar-refractivity contribution is 6.30. The van der Waals surface area contributed by atoms with Gasteiger partial charge in [0.1, 0.15) is 11.6 Å². The first kappa shape index (κ1) is 22.1. The maximum Gasteiger partial charge on any atom is 0.143 e. The number of nitrogens with zero attached hydrogens (tertiary/aromatic N) is 3. The summed E-state index contributed by atoms with van der Waals surface area (Å²) in [6.07, 6.45) is 13.9. The van der Waals surface area contributed by atoms with Crippen LogP contribution in [0.5, 0.6) is 0 Å². The normalized spacial score (nSPS) is 10.9. The Morgan fingerprint density at radius 1 is 1.17 bits per heavy atom. The van der Waals surface area contributed by atoms with Gasteiger partial charge in [0.15, 0.2) is 0 Å². The van der Waals surface area contributed by atoms with Crippen molar-refractivity contribution in [3.05, 3.63) is 91.2 Å². The molecule has 0 amide bonds. The number of halogens is 2. The fraction of sp³-hybridized carbons (Fsp3) is 0.130. The molecular formula is C23H24ClFN4. The summed E-state index contributed by atoms with van der Waals surface area (Å²) in [7, 11) is 0. The molecule has 2 N–H and O–H groups in total. The number of benzene rings is 1. The van der Waals surface area contributed by atoms with Crippen molar-refractivity contribution in [1.82, 2.24) is 14.5 Å². The summed E-state index contributed by atoms with van der Waals surface area (Å²) in [6.45, 7) is 5.98. The summed E-state index contributed by atoms with van der Waals surface area (Å²) in [4.78, 5) is 8.57. The van der Waals surface area contributed by atoms with Crippen LogP contribution in [0, 0.1) is 0 Å². The minimum Gasteiger partial charge on any atom is -0.383 e. The predicted octanol–water partition coefficient (Wildman–Crippen LogP) is 6.47. The molecule has 0 aliphatic heterocycles. The quantitative estimate of drug-likeness (QED) is 0.474. The van der Waals surface area contributed by atoms with Crippen LogP contribution < -0.4 is 5.73 Å². The molecule has 0 aliphatic rings. The van der Waals surface area contributed by atoms with E-state index in [4.69, 9.17) is 17.3 Å². The Bertz CT molecular complexity index is 975. The van der Waals surface area contributed by atoms with Gasteiger partial charge in [-0.25, -0.2) is 14.4 Å². The molecule has 0 fully saturated rings. The average molecular weight is 411 g/mol. The first-order chi connectivity index (χ1) is 14.1. The molecule has 3 rings (SSSR count). The third-order valence-corrected chi connectivity index (χ3v) is 4.20. The monoisotopic (exact) mass is 410 g/mol. The number of pyridine rings is 1. The van der Waals surface area contributed by atoms with Gasteiger partial charge in [-0.15, -0.1) is 0 Å². The summed E-state index contributed by atoms with van der Waals surface area (Å²) >= 11 is 5.92. The average Bonchev–Trinajstić information content (AvgIpc) is 3.20. The van der Waals surface area contributed by atoms with Gasteiger partial charge >= 0.3 is 0 Å². The van der Waals surface area contributed by atoms with Crippen LogP contribution in [-0.2, 0) is 6.54 Å². The molecule has 0 saturated heterocycles. The van der Waals surface area contributed by atoms with Crippen molar-refractivity contribution in [3.8, 4) is 22.5 Å². The molecule has 0 aliphatic carbocycles. The Hall–Kier alpha value is -3.18. The Morgan fingerprint density at radius 3 is 2.55 bits per heavy atom. The largest absolute Gasteiger partial charge is 0.383 e. The standard InChI is InChI=1S/C17H14ClFN4.C6H10/c18-14-4-2-12(3-5-14)13-10-15(16(20)22-11-13)17-21-7-9-23(17)8-1-6-19;1-3-5-6-4-2/h1-7,9-11H,8H2,(H2,20,22);3,5-6H,1,4H2,2H3/b6-1+;6-5-. The third-order valence-electron chi connectivity index (χ3n) is 3.95. The van der Waals surface area contributed by atoms with Crippen LogP contribution >= 0.6 is 11.6 Å². The van der Waals surface area contributed by atoms with E-state index in [1.54, 1.807) is 29.2 Å². The lowest BCUT2D eigenvalue weighted by Crippen LogP contribution is -2.02. The van der Waals surface area contributed by atoms with Crippen molar-refractivity contribution in [1.29, 1.82) is 0 Å². The Morgan fingerprint density at radius 2 is 1.93 bits per heavy atom. The molecule has 0 atom stereocenters. The number of nitrogen functional groups attached to an aromatic ring is 1. The van der Waals surface area contributed by atoms with Gasteiger partial charge in [0.05, 0.1) is 11.9 Å². The number of aromatic nitrogens is 3. The maximum atomic E-state index is 12.3. The van der Waals surface area contributed by atoms with Gasteiger partial charge in [-0.1, -0.05) is 55.5 Å². The Labute approximate surface area is 175 Å². The fourth-order valence-electron chi connectivity index (χ4n) is 2.54. The van der Waals surface area contributed by atoms with Crippen molar-refractivity contribution in [3.63, 3.8) is 0 Å². The van der Waals surface area contributed by atoms with E-state index in [-0.39, 0.29) is 0 Å². The smallest absolute Gasteiger partial charge is 0.143 e. The third kappa shape index (κ3) is 6.43. The van der Waals surface area contributed by atoms with Crippen LogP contribution in [0.25, 0.3) is 22.5 Å². The summed E-state index contributed by atoms with van der Waals surface area (Å²) in [6, 6.07) is 9.39. The van der Waals surface area contributed by atoms with Gasteiger partial charge in [-0.05, 0) is 36.3 Å². The molecule has 2 aromatic heterocycles. The van der Waals surface area contributed by atoms with E-state index >= 15 is 0 Å². The van der Waals surface area contributed by atoms with Crippen LogP contribution in [-0.4, -0.2) is 14.5 Å². The topological polar surface area (TPSA) is 56.7 Å². The minimum absolute atomic E-state index is 0.371. The van der Waals surface area contributed by atoms with Crippen molar-refractivity contribution in [2.45, 2.75) is 19.9 Å². The molecule has 0 radical (unpaired) electrons. The molecule has 2 heterocycles. The molecule has 0 bridgehead atoms. The molecule has 6 heteroatoms. The molecule has 29 heavy (non-hydrogen) atoms. The molecule has 1 aromatic carbocycles. The van der Waals surface area contributed by atoms with Gasteiger partial charge in [-0.2, -0.15) is 0 Å². The summed E-state index contributed by atoms with van der Waals surface area (Å²) < 4.78 is 14.1. The van der Waals surface area contributed by atoms with Crippen molar-refractivity contribution in [2.75, 3.05) is 5.73 Å². The van der Waals surface area contributed by atoms with Gasteiger partial charge in [-0.3, -0.25) is 0 Å². The Kier molecular flexibility index (Phi) is 8.86. The van der Waals surface area contributed by atoms with Crippen molar-refractivity contribution < 1.29 is 4.39 Å². The second-order valence-electron chi connectivity index (χ2n) is 6.00. The molecule has 150 valence electrons. The fourth-order valence-corrected chi connectivity index (χ4v) is 2.67. The highest BCUT2D eigenvalue weighted by atomic mass is 35.5. The van der Waals surface area contributed by atoms with Crippen molar-refractivity contribution >= 4 is 17.4 Å². The molecule has 0 unspecified atom stereocenters. The van der Waals surface area contributed by atoms with Gasteiger partial charge in [0, 0.05) is 35.7 Å². The molecule has 4 nitrogen and oxygen atoms in total. The van der Waals surface area contributed by atoms with E-state index < -0.39 is 0 Å². The number of allylic oxidation sites excluding steroid dienone is 4. The maximum absolute atomic E-state index is 12.3. The molecule has 0 spiro atoms. The van der Waals surface area contributed by atoms with Crippen molar-refractivity contribution in [2.24, 2.45) is 0 Å². The first-order valence-electron chi connectivity index (χ1n) is 9.16. The zero-order valence-electron chi connectivity index (χ0n) is 16.3. The lowest BCUT2D eigenvalue weighted by atomic mass is 10.1. The van der Waals surface area contributed by atoms with Crippen LogP contribution in [0.4, 0.5) is 10.2 Å². The van der Waals surface area contributed by atoms with E-state index in [1.807, 2.05) is 36.4 Å². The van der Waals surface area contributed by atoms with Crippen LogP contribution in [0.15, 0.2) is 86.1 Å². The summed E-state index contributed by atoms with van der Waals surface area (Å²) in [5, 5.41) is 0.672. The van der Waals surface area contributed by atoms with E-state index in [0.29, 0.717) is 35.1 Å². The highest BCUT2D eigenvalue weighted by Gasteiger charge is 2.12. The highest BCUT2D eigenvalue weighted by Crippen LogP contribution is 2.29. The van der Waals surface area contributed by atoms with Crippen LogP contribution in [0.2, 0.25) is 5.02 Å². The lowest BCUT2D eigenvalue weighted by molar-refractivity contribution is 0.703. The SMILES string of the molecule is C=C/C=C\CC.Nc1ncc(-c2ccc(Cl)cc2)cc1-c1nccn1C/C=C/F. The second-order valence-corrected chi connectivity index (χ2v) is 6.44. The summed E-state index contributed by atoms with van der Waals surface area (Å²) in [5.74, 6) is 1.02. The number of imidazole rings is 1. The van der Waals surface area contributed by atoms with Crippen LogP contribution in [0.3, 0.4) is 0 Å². The summed E-state index contributed by atoms with van der Waals surface area (Å²) in [5.41, 5.74) is 8.59. The zero-order chi connectivity index (χ0) is 21.1. The predicted molar refractivity (Wildman–Crippen MR) is 120 cm³/mol. The van der Waals surface area contributed by atoms with E-state index in [9.17, 15) is 4.39 Å². The molecular weight excluding hydrogens is 387 g/mol. The number of hydrogen-bond donors (Lipinski definition) is 1. The van der Waals surface area contributed by atoms with Gasteiger partial charge in [0.2, 0.25) is 0 Å². The van der Waals surface area contributed by atoms with Gasteiger partial charge < -0.3 is 10.3 Å². The molecule has 3 aromatic rings. The van der Waals surface area contributed by atoms with E-state index in [0.717, 1.165) is 17.5 Å². The van der Waals surface area contributed by atoms with E-state index in [2.05, 4.69) is 29.5 Å². The number of rotatable bonds is 6. The molecule has 0 saturated carbocycles. The number of nitrogens with two attached hydrogens (primary N) is 1. The van der Waals surface area contributed by atoms with Crippen LogP contribution in [0.1, 0.15) is 13.3 Å². The van der Waals surface area contributed by atoms with E-state index in [1.165, 1.54) is 6.08 Å². The first-order valence-corrected chi connectivity index (χ1v) is 9.54. The number of hydrogen-bond acceptors (Lipinski definition) is 3. The Balaban J connectivity index is 0.000000438. The minimum atomic E-state index is 0.371. The van der Waals surface area contributed by atoms with Gasteiger partial charge in [0.25, 0.3) is 0 Å².